The van der Waals surface area contributed by atoms with Crippen molar-refractivity contribution in [2.24, 2.45) is 0 Å². The highest BCUT2D eigenvalue weighted by molar-refractivity contribution is 7.00. The number of anilines is 6. The third kappa shape index (κ3) is 4.62. The smallest absolute Gasteiger partial charge is 0.252 e. The Morgan fingerprint density at radius 3 is 1.55 bits per heavy atom. The predicted octanol–water partition coefficient (Wildman–Crippen LogP) is 10.8. The van der Waals surface area contributed by atoms with Gasteiger partial charge in [-0.2, -0.15) is 0 Å². The Hall–Kier alpha value is -6.78. The standard InChI is InChI=1S/C49H33BN2O/c1-5-16-33(17-6-1)48(34-18-7-2-8-19-34)35-28-29-40-44(30-35)51(36-20-9-3-10-21-36)42-25-15-26-43-49(42)50(40)41-31-39-38-24-13-14-27-46(38)53-47(39)32-45(41)52(43)37-22-11-4-12-23-37/h1-32,48H. The number of hydrogen-bond acceptors (Lipinski definition) is 3. The molecule has 0 amide bonds. The fraction of sp³-hybridized carbons (Fsp3) is 0.0204. The Kier molecular flexibility index (Phi) is 6.71. The highest BCUT2D eigenvalue weighted by atomic mass is 16.3. The Balaban J connectivity index is 1.22. The van der Waals surface area contributed by atoms with Gasteiger partial charge in [0, 0.05) is 56.9 Å². The summed E-state index contributed by atoms with van der Waals surface area (Å²) in [7, 11) is 0. The van der Waals surface area contributed by atoms with Gasteiger partial charge in [-0.1, -0.05) is 140 Å². The van der Waals surface area contributed by atoms with Crippen LogP contribution >= 0.6 is 0 Å². The third-order valence-electron chi connectivity index (χ3n) is 11.1. The van der Waals surface area contributed by atoms with Crippen LogP contribution in [-0.4, -0.2) is 6.71 Å². The number of para-hydroxylation sites is 3. The van der Waals surface area contributed by atoms with Gasteiger partial charge in [-0.05, 0) is 81.6 Å². The molecule has 11 rings (SSSR count). The zero-order valence-corrected chi connectivity index (χ0v) is 28.9. The Morgan fingerprint density at radius 1 is 0.377 bits per heavy atom. The molecule has 0 bridgehead atoms. The van der Waals surface area contributed by atoms with Crippen LogP contribution in [0.15, 0.2) is 199 Å². The van der Waals surface area contributed by atoms with Gasteiger partial charge in [-0.3, -0.25) is 0 Å². The molecular formula is C49H33BN2O. The van der Waals surface area contributed by atoms with E-state index in [2.05, 4.69) is 198 Å². The Morgan fingerprint density at radius 2 is 0.925 bits per heavy atom. The summed E-state index contributed by atoms with van der Waals surface area (Å²) in [6.07, 6.45) is 0. The number of fused-ring (bicyclic) bond motifs is 7. The second-order valence-electron chi connectivity index (χ2n) is 14.1. The summed E-state index contributed by atoms with van der Waals surface area (Å²) < 4.78 is 6.53. The van der Waals surface area contributed by atoms with E-state index in [1.165, 1.54) is 50.1 Å². The van der Waals surface area contributed by atoms with Crippen LogP contribution in [0.5, 0.6) is 0 Å². The maximum Gasteiger partial charge on any atom is 0.252 e. The van der Waals surface area contributed by atoms with Crippen LogP contribution < -0.4 is 26.2 Å². The van der Waals surface area contributed by atoms with Gasteiger partial charge in [0.2, 0.25) is 0 Å². The van der Waals surface area contributed by atoms with Crippen LogP contribution in [0.2, 0.25) is 0 Å². The van der Waals surface area contributed by atoms with Crippen LogP contribution in [0, 0.1) is 0 Å². The maximum atomic E-state index is 6.53. The van der Waals surface area contributed by atoms with Crippen molar-refractivity contribution in [3.05, 3.63) is 211 Å². The van der Waals surface area contributed by atoms with Crippen molar-refractivity contribution in [1.29, 1.82) is 0 Å². The van der Waals surface area contributed by atoms with Crippen LogP contribution in [0.1, 0.15) is 22.6 Å². The zero-order valence-electron chi connectivity index (χ0n) is 28.9. The molecule has 0 unspecified atom stereocenters. The van der Waals surface area contributed by atoms with Crippen molar-refractivity contribution in [3.63, 3.8) is 0 Å². The van der Waals surface area contributed by atoms with Crippen molar-refractivity contribution in [3.8, 4) is 0 Å². The van der Waals surface area contributed by atoms with E-state index >= 15 is 0 Å². The van der Waals surface area contributed by atoms with E-state index in [4.69, 9.17) is 4.42 Å². The van der Waals surface area contributed by atoms with Crippen molar-refractivity contribution >= 4 is 79.2 Å². The van der Waals surface area contributed by atoms with Crippen LogP contribution in [0.3, 0.4) is 0 Å². The van der Waals surface area contributed by atoms with Gasteiger partial charge < -0.3 is 14.2 Å². The van der Waals surface area contributed by atoms with Gasteiger partial charge in [0.15, 0.2) is 0 Å². The topological polar surface area (TPSA) is 19.6 Å². The average Bonchev–Trinajstić information content (AvgIpc) is 3.59. The summed E-state index contributed by atoms with van der Waals surface area (Å²) in [5.74, 6) is 0.0807. The summed E-state index contributed by atoms with van der Waals surface area (Å²) >= 11 is 0. The van der Waals surface area contributed by atoms with E-state index in [0.29, 0.717) is 0 Å². The summed E-state index contributed by atoms with van der Waals surface area (Å²) in [5.41, 5.74) is 16.5. The molecule has 0 fully saturated rings. The first kappa shape index (κ1) is 29.9. The summed E-state index contributed by atoms with van der Waals surface area (Å²) in [4.78, 5) is 4.92. The van der Waals surface area contributed by atoms with E-state index in [-0.39, 0.29) is 12.6 Å². The molecular weight excluding hydrogens is 643 g/mol. The first-order valence-electron chi connectivity index (χ1n) is 18.3. The molecule has 2 aliphatic rings. The van der Waals surface area contributed by atoms with Crippen molar-refractivity contribution in [2.45, 2.75) is 5.92 Å². The van der Waals surface area contributed by atoms with Gasteiger partial charge in [0.25, 0.3) is 6.71 Å². The molecule has 4 heteroatoms. The second-order valence-corrected chi connectivity index (χ2v) is 14.1. The molecule has 8 aromatic carbocycles. The van der Waals surface area contributed by atoms with Gasteiger partial charge in [0.05, 0.1) is 0 Å². The largest absolute Gasteiger partial charge is 0.456 e. The zero-order chi connectivity index (χ0) is 34.9. The fourth-order valence-corrected chi connectivity index (χ4v) is 8.92. The molecule has 9 aromatic rings. The lowest BCUT2D eigenvalue weighted by Crippen LogP contribution is -2.61. The highest BCUT2D eigenvalue weighted by Crippen LogP contribution is 2.46. The third-order valence-corrected chi connectivity index (χ3v) is 11.1. The number of rotatable bonds is 5. The molecule has 0 aliphatic carbocycles. The Labute approximate surface area is 309 Å². The lowest BCUT2D eigenvalue weighted by atomic mass is 9.33. The molecule has 1 aromatic heterocycles. The minimum Gasteiger partial charge on any atom is -0.456 e. The molecule has 0 spiro atoms. The normalized spacial score (nSPS) is 13.0. The second kappa shape index (κ2) is 11.9. The van der Waals surface area contributed by atoms with Gasteiger partial charge >= 0.3 is 0 Å². The Bertz CT molecular complexity index is 2760. The molecule has 2 aliphatic heterocycles. The maximum absolute atomic E-state index is 6.53. The van der Waals surface area contributed by atoms with Gasteiger partial charge in [-0.15, -0.1) is 0 Å². The number of nitrogens with zero attached hydrogens (tertiary/aromatic N) is 2. The quantitative estimate of drug-likeness (QED) is 0.134. The molecule has 248 valence electrons. The summed E-state index contributed by atoms with van der Waals surface area (Å²) in [5, 5.41) is 2.28. The lowest BCUT2D eigenvalue weighted by molar-refractivity contribution is 0.669. The molecule has 3 heterocycles. The fourth-order valence-electron chi connectivity index (χ4n) is 8.92. The van der Waals surface area contributed by atoms with Crippen molar-refractivity contribution in [1.82, 2.24) is 0 Å². The van der Waals surface area contributed by atoms with Crippen LogP contribution in [0.25, 0.3) is 21.9 Å². The summed E-state index contributed by atoms with van der Waals surface area (Å²) in [6.45, 7) is 0.00476. The van der Waals surface area contributed by atoms with Crippen LogP contribution in [-0.2, 0) is 0 Å². The minimum absolute atomic E-state index is 0.00476. The minimum atomic E-state index is 0.00476. The van der Waals surface area contributed by atoms with E-state index in [1.54, 1.807) is 0 Å². The van der Waals surface area contributed by atoms with Gasteiger partial charge in [-0.25, -0.2) is 0 Å². The molecule has 0 radical (unpaired) electrons. The number of furan rings is 1. The molecule has 0 saturated heterocycles. The SMILES string of the molecule is c1ccc(C(c2ccccc2)c2ccc3c(c2)N(c2ccccc2)c2cccc4c2B3c2cc3c(cc2N4c2ccccc2)oc2ccccc23)cc1. The van der Waals surface area contributed by atoms with E-state index in [0.717, 1.165) is 39.0 Å². The highest BCUT2D eigenvalue weighted by Gasteiger charge is 2.43. The van der Waals surface area contributed by atoms with Gasteiger partial charge in [0.1, 0.15) is 11.2 Å². The predicted molar refractivity (Wildman–Crippen MR) is 222 cm³/mol. The monoisotopic (exact) mass is 676 g/mol. The number of benzene rings is 8. The van der Waals surface area contributed by atoms with E-state index < -0.39 is 0 Å². The summed E-state index contributed by atoms with van der Waals surface area (Å²) in [6, 6.07) is 70.5. The van der Waals surface area contributed by atoms with E-state index in [9.17, 15) is 0 Å². The lowest BCUT2D eigenvalue weighted by Gasteiger charge is -2.44. The van der Waals surface area contributed by atoms with E-state index in [1.807, 2.05) is 6.07 Å². The molecule has 0 atom stereocenters. The van der Waals surface area contributed by atoms with Crippen molar-refractivity contribution < 1.29 is 4.42 Å². The first-order chi connectivity index (χ1) is 26.3. The average molecular weight is 677 g/mol. The molecule has 0 saturated carbocycles. The molecule has 53 heavy (non-hydrogen) atoms. The molecule has 0 N–H and O–H groups in total. The molecule has 3 nitrogen and oxygen atoms in total. The van der Waals surface area contributed by atoms with Crippen LogP contribution in [0.4, 0.5) is 34.1 Å². The first-order valence-corrected chi connectivity index (χ1v) is 18.3. The number of hydrogen-bond donors (Lipinski definition) is 0. The van der Waals surface area contributed by atoms with Crippen molar-refractivity contribution in [2.75, 3.05) is 9.80 Å².